The molecule has 1 amide bonds. The van der Waals surface area contributed by atoms with Crippen LogP contribution in [0.5, 0.6) is 0 Å². The Hall–Kier alpha value is -1.11. The summed E-state index contributed by atoms with van der Waals surface area (Å²) >= 11 is 0. The van der Waals surface area contributed by atoms with Gasteiger partial charge in [-0.3, -0.25) is 9.59 Å². The van der Waals surface area contributed by atoms with Gasteiger partial charge in [0.25, 0.3) is 0 Å². The number of carboxylic acid groups (broad SMARTS) is 1. The van der Waals surface area contributed by atoms with E-state index in [0.29, 0.717) is 13.1 Å². The summed E-state index contributed by atoms with van der Waals surface area (Å²) in [6.45, 7) is 5.77. The Kier molecular flexibility index (Phi) is 6.15. The highest BCUT2D eigenvalue weighted by Crippen LogP contribution is 2.08. The molecule has 1 N–H and O–H groups in total. The van der Waals surface area contributed by atoms with E-state index in [0.717, 1.165) is 0 Å². The molecule has 0 spiro atoms. The molecule has 17 heavy (non-hydrogen) atoms. The minimum absolute atomic E-state index is 0.0385. The number of carbonyl (C=O) groups is 2. The quantitative estimate of drug-likeness (QED) is 0.706. The van der Waals surface area contributed by atoms with Crippen molar-refractivity contribution in [3.05, 3.63) is 0 Å². The van der Waals surface area contributed by atoms with Crippen LogP contribution in [0.25, 0.3) is 0 Å². The molecule has 1 atom stereocenters. The molecule has 100 valence electrons. The lowest BCUT2D eigenvalue weighted by molar-refractivity contribution is -0.136. The molecular formula is C10H19NO5S. The molecule has 0 radical (unpaired) electrons. The highest BCUT2D eigenvalue weighted by atomic mass is 32.2. The number of carboxylic acids is 1. The minimum atomic E-state index is -3.93. The van der Waals surface area contributed by atoms with Crippen molar-refractivity contribution in [2.45, 2.75) is 32.4 Å². The van der Waals surface area contributed by atoms with Gasteiger partial charge in [-0.05, 0) is 20.3 Å². The third-order valence-electron chi connectivity index (χ3n) is 2.52. The van der Waals surface area contributed by atoms with Crippen molar-refractivity contribution < 1.29 is 23.1 Å². The van der Waals surface area contributed by atoms with Crippen LogP contribution in [0.1, 0.15) is 27.2 Å². The van der Waals surface area contributed by atoms with Crippen LogP contribution in [0.4, 0.5) is 0 Å². The van der Waals surface area contributed by atoms with E-state index in [2.05, 4.69) is 0 Å². The number of amides is 1. The van der Waals surface area contributed by atoms with Gasteiger partial charge in [-0.1, -0.05) is 6.92 Å². The predicted molar refractivity (Wildman–Crippen MR) is 63.4 cm³/mol. The molecule has 0 rings (SSSR count). The molecule has 0 heterocycles. The van der Waals surface area contributed by atoms with Gasteiger partial charge >= 0.3 is 5.97 Å². The Bertz CT molecular complexity index is 372. The minimum Gasteiger partial charge on any atom is -0.480 e. The van der Waals surface area contributed by atoms with Crippen molar-refractivity contribution in [2.75, 3.05) is 18.8 Å². The monoisotopic (exact) mass is 265 g/mol. The maximum atomic E-state index is 11.7. The fourth-order valence-corrected chi connectivity index (χ4v) is 3.07. The van der Waals surface area contributed by atoms with Crippen LogP contribution in [0.15, 0.2) is 0 Å². The summed E-state index contributed by atoms with van der Waals surface area (Å²) in [5.41, 5.74) is 0. The summed E-state index contributed by atoms with van der Waals surface area (Å²) in [4.78, 5) is 23.7. The van der Waals surface area contributed by atoms with E-state index >= 15 is 0 Å². The van der Waals surface area contributed by atoms with Crippen LogP contribution in [0, 0.1) is 0 Å². The van der Waals surface area contributed by atoms with Crippen molar-refractivity contribution >= 4 is 21.7 Å². The second kappa shape index (κ2) is 6.58. The van der Waals surface area contributed by atoms with Crippen LogP contribution in [0.3, 0.4) is 0 Å². The van der Waals surface area contributed by atoms with Gasteiger partial charge < -0.3 is 10.0 Å². The van der Waals surface area contributed by atoms with E-state index in [1.807, 2.05) is 0 Å². The van der Waals surface area contributed by atoms with Crippen molar-refractivity contribution in [3.63, 3.8) is 0 Å². The van der Waals surface area contributed by atoms with E-state index in [-0.39, 0.29) is 6.42 Å². The molecule has 0 aromatic rings. The summed E-state index contributed by atoms with van der Waals surface area (Å²) in [5.74, 6) is -2.69. The maximum Gasteiger partial charge on any atom is 0.321 e. The van der Waals surface area contributed by atoms with Gasteiger partial charge in [0, 0.05) is 13.1 Å². The molecule has 6 nitrogen and oxygen atoms in total. The number of carbonyl (C=O) groups excluding carboxylic acids is 1. The van der Waals surface area contributed by atoms with Gasteiger partial charge in [0.05, 0.1) is 0 Å². The fraction of sp³-hybridized carbons (Fsp3) is 0.800. The van der Waals surface area contributed by atoms with Crippen LogP contribution >= 0.6 is 0 Å². The van der Waals surface area contributed by atoms with Gasteiger partial charge in [0.2, 0.25) is 5.91 Å². The molecule has 0 saturated heterocycles. The summed E-state index contributed by atoms with van der Waals surface area (Å²) in [6, 6.07) is 0. The SMILES string of the molecule is CCC(C(=O)O)S(=O)(=O)CC(=O)N(CC)CC. The molecule has 0 aliphatic carbocycles. The lowest BCUT2D eigenvalue weighted by Gasteiger charge is -2.19. The normalized spacial score (nSPS) is 13.1. The molecule has 0 aliphatic rings. The zero-order chi connectivity index (χ0) is 13.6. The highest BCUT2D eigenvalue weighted by molar-refractivity contribution is 7.93. The smallest absolute Gasteiger partial charge is 0.321 e. The van der Waals surface area contributed by atoms with Gasteiger partial charge in [0.1, 0.15) is 5.75 Å². The lowest BCUT2D eigenvalue weighted by atomic mass is 10.3. The Morgan fingerprint density at radius 2 is 1.65 bits per heavy atom. The fourth-order valence-electron chi connectivity index (χ4n) is 1.52. The van der Waals surface area contributed by atoms with Crippen LogP contribution in [-0.2, 0) is 19.4 Å². The van der Waals surface area contributed by atoms with Gasteiger partial charge in [-0.15, -0.1) is 0 Å². The lowest BCUT2D eigenvalue weighted by Crippen LogP contribution is -2.40. The zero-order valence-electron chi connectivity index (χ0n) is 10.3. The third-order valence-corrected chi connectivity index (χ3v) is 4.57. The van der Waals surface area contributed by atoms with Crippen LogP contribution in [0.2, 0.25) is 0 Å². The number of aliphatic carboxylic acids is 1. The number of hydrogen-bond donors (Lipinski definition) is 1. The van der Waals surface area contributed by atoms with E-state index in [1.54, 1.807) is 13.8 Å². The summed E-state index contributed by atoms with van der Waals surface area (Å²) in [5, 5.41) is 7.27. The van der Waals surface area contributed by atoms with Gasteiger partial charge in [-0.25, -0.2) is 8.42 Å². The number of hydrogen-bond acceptors (Lipinski definition) is 4. The first-order chi connectivity index (χ1) is 7.80. The molecular weight excluding hydrogens is 246 g/mol. The number of nitrogens with zero attached hydrogens (tertiary/aromatic N) is 1. The summed E-state index contributed by atoms with van der Waals surface area (Å²) < 4.78 is 23.4. The second-order valence-electron chi connectivity index (χ2n) is 3.61. The highest BCUT2D eigenvalue weighted by Gasteiger charge is 2.33. The second-order valence-corrected chi connectivity index (χ2v) is 5.79. The average molecular weight is 265 g/mol. The van der Waals surface area contributed by atoms with Gasteiger partial charge in [0.15, 0.2) is 15.1 Å². The molecule has 1 unspecified atom stereocenters. The average Bonchev–Trinajstić information content (AvgIpc) is 2.18. The topological polar surface area (TPSA) is 91.7 Å². The molecule has 7 heteroatoms. The van der Waals surface area contributed by atoms with Crippen molar-refractivity contribution in [2.24, 2.45) is 0 Å². The first-order valence-electron chi connectivity index (χ1n) is 5.52. The van der Waals surface area contributed by atoms with E-state index < -0.39 is 32.7 Å². The largest absolute Gasteiger partial charge is 0.480 e. The summed E-state index contributed by atoms with van der Waals surface area (Å²) in [6.07, 6.45) is -0.0385. The molecule has 0 bridgehead atoms. The maximum absolute atomic E-state index is 11.7. The number of sulfone groups is 1. The Balaban J connectivity index is 4.87. The predicted octanol–water partition coefficient (Wildman–Crippen LogP) is 0.133. The first kappa shape index (κ1) is 15.9. The Morgan fingerprint density at radius 1 is 1.18 bits per heavy atom. The van der Waals surface area contributed by atoms with Crippen LogP contribution in [-0.4, -0.2) is 54.4 Å². The third kappa shape index (κ3) is 4.33. The number of rotatable bonds is 7. The van der Waals surface area contributed by atoms with E-state index in [4.69, 9.17) is 5.11 Å². The van der Waals surface area contributed by atoms with Crippen molar-refractivity contribution in [3.8, 4) is 0 Å². The zero-order valence-corrected chi connectivity index (χ0v) is 11.2. The first-order valence-corrected chi connectivity index (χ1v) is 7.23. The molecule has 0 aromatic heterocycles. The molecule has 0 fully saturated rings. The van der Waals surface area contributed by atoms with Crippen molar-refractivity contribution in [1.82, 2.24) is 4.90 Å². The van der Waals surface area contributed by atoms with E-state index in [9.17, 15) is 18.0 Å². The molecule has 0 aromatic carbocycles. The molecule has 0 aliphatic heterocycles. The summed E-state index contributed by atoms with van der Waals surface area (Å²) in [7, 11) is -3.93. The Morgan fingerprint density at radius 3 is 1.94 bits per heavy atom. The molecule has 0 saturated carbocycles. The standard InChI is InChI=1S/C10H19NO5S/c1-4-8(10(13)14)17(15,16)7-9(12)11(5-2)6-3/h8H,4-7H2,1-3H3,(H,13,14). The Labute approximate surface area is 102 Å². The van der Waals surface area contributed by atoms with Gasteiger partial charge in [-0.2, -0.15) is 0 Å². The van der Waals surface area contributed by atoms with E-state index in [1.165, 1.54) is 11.8 Å². The van der Waals surface area contributed by atoms with Crippen LogP contribution < -0.4 is 0 Å². The van der Waals surface area contributed by atoms with Crippen molar-refractivity contribution in [1.29, 1.82) is 0 Å².